The lowest BCUT2D eigenvalue weighted by Crippen LogP contribution is -2.15. The summed E-state index contributed by atoms with van der Waals surface area (Å²) >= 11 is 3.47. The second-order valence-electron chi connectivity index (χ2n) is 8.00. The number of carbonyl (C=O) groups excluding carboxylic acids is 3. The smallest absolute Gasteiger partial charge is 0.337 e. The lowest BCUT2D eigenvalue weighted by Gasteiger charge is -2.13. The van der Waals surface area contributed by atoms with E-state index in [1.807, 2.05) is 42.5 Å². The molecule has 0 aliphatic heterocycles. The fraction of sp³-hybridized carbons (Fsp3) is 0.143. The van der Waals surface area contributed by atoms with Crippen LogP contribution in [0.2, 0.25) is 0 Å². The predicted octanol–water partition coefficient (Wildman–Crippen LogP) is 6.05. The number of anilines is 1. The Morgan fingerprint density at radius 2 is 1.50 bits per heavy atom. The number of amides is 1. The van der Waals surface area contributed by atoms with Crippen LogP contribution in [0, 0.1) is 0 Å². The van der Waals surface area contributed by atoms with E-state index in [1.165, 1.54) is 38.0 Å². The van der Waals surface area contributed by atoms with Gasteiger partial charge in [-0.3, -0.25) is 4.79 Å². The summed E-state index contributed by atoms with van der Waals surface area (Å²) in [5.41, 5.74) is 4.23. The van der Waals surface area contributed by atoms with Crippen molar-refractivity contribution in [1.29, 1.82) is 0 Å². The molecule has 0 unspecified atom stereocenters. The lowest BCUT2D eigenvalue weighted by atomic mass is 10.0. The monoisotopic (exact) mass is 546 g/mol. The number of hydrogen-bond acceptors (Lipinski definition) is 6. The molecule has 36 heavy (non-hydrogen) atoms. The molecule has 4 rings (SSSR count). The first-order chi connectivity index (χ1) is 17.3. The predicted molar refractivity (Wildman–Crippen MR) is 141 cm³/mol. The Labute approximate surface area is 216 Å². The Hall–Kier alpha value is -4.04. The maximum Gasteiger partial charge on any atom is 0.337 e. The van der Waals surface area contributed by atoms with Crippen LogP contribution in [0.5, 0.6) is 0 Å². The first kappa shape index (κ1) is 25.1. The van der Waals surface area contributed by atoms with Gasteiger partial charge in [0.25, 0.3) is 5.91 Å². The Morgan fingerprint density at radius 1 is 0.861 bits per heavy atom. The average molecular weight is 547 g/mol. The van der Waals surface area contributed by atoms with Crippen LogP contribution in [0.1, 0.15) is 43.6 Å². The van der Waals surface area contributed by atoms with Gasteiger partial charge in [-0.25, -0.2) is 14.6 Å². The fourth-order valence-corrected chi connectivity index (χ4v) is 4.18. The minimum absolute atomic E-state index is 0.106. The Morgan fingerprint density at radius 3 is 2.08 bits per heavy atom. The van der Waals surface area contributed by atoms with Gasteiger partial charge < -0.3 is 14.8 Å². The van der Waals surface area contributed by atoms with Crippen molar-refractivity contribution in [2.45, 2.75) is 13.3 Å². The van der Waals surface area contributed by atoms with Gasteiger partial charge in [0.2, 0.25) is 0 Å². The van der Waals surface area contributed by atoms with Crippen LogP contribution in [0.15, 0.2) is 71.2 Å². The molecule has 7 nitrogen and oxygen atoms in total. The SMILES string of the molecule is CCc1ccc(-c2cc(C(=O)Nc3cc(C(=O)OC)cc(C(=O)OC)c3)c3cc(Br)ccc3n2)cc1. The van der Waals surface area contributed by atoms with Crippen LogP contribution in [0.25, 0.3) is 22.2 Å². The number of rotatable bonds is 6. The second kappa shape index (κ2) is 10.7. The summed E-state index contributed by atoms with van der Waals surface area (Å²) in [6, 6.07) is 19.5. The third-order valence-corrected chi connectivity index (χ3v) is 6.20. The van der Waals surface area contributed by atoms with Gasteiger partial charge in [-0.2, -0.15) is 0 Å². The molecule has 4 aromatic rings. The number of carbonyl (C=O) groups is 3. The molecule has 8 heteroatoms. The number of aryl methyl sites for hydroxylation is 1. The van der Waals surface area contributed by atoms with E-state index in [0.717, 1.165) is 16.5 Å². The highest BCUT2D eigenvalue weighted by Crippen LogP contribution is 2.28. The van der Waals surface area contributed by atoms with Gasteiger partial charge in [0.05, 0.1) is 42.1 Å². The van der Waals surface area contributed by atoms with E-state index < -0.39 is 17.8 Å². The number of nitrogens with zero attached hydrogens (tertiary/aromatic N) is 1. The molecule has 0 radical (unpaired) electrons. The molecule has 3 aromatic carbocycles. The quantitative estimate of drug-likeness (QED) is 0.296. The number of aromatic nitrogens is 1. The normalized spacial score (nSPS) is 10.7. The molecule has 0 aliphatic rings. The van der Waals surface area contributed by atoms with Crippen LogP contribution in [-0.2, 0) is 15.9 Å². The minimum Gasteiger partial charge on any atom is -0.465 e. The van der Waals surface area contributed by atoms with E-state index in [-0.39, 0.29) is 16.8 Å². The summed E-state index contributed by atoms with van der Waals surface area (Å²) in [7, 11) is 2.47. The Kier molecular flexibility index (Phi) is 7.45. The van der Waals surface area contributed by atoms with E-state index in [4.69, 9.17) is 14.5 Å². The molecule has 0 aliphatic carbocycles. The highest BCUT2D eigenvalue weighted by molar-refractivity contribution is 9.10. The summed E-state index contributed by atoms with van der Waals surface area (Å²) in [6.07, 6.45) is 0.922. The summed E-state index contributed by atoms with van der Waals surface area (Å²) in [5.74, 6) is -1.72. The van der Waals surface area contributed by atoms with Crippen molar-refractivity contribution < 1.29 is 23.9 Å². The fourth-order valence-electron chi connectivity index (χ4n) is 3.81. The largest absolute Gasteiger partial charge is 0.465 e. The molecule has 0 atom stereocenters. The third-order valence-electron chi connectivity index (χ3n) is 5.71. The number of ether oxygens (including phenoxy) is 2. The van der Waals surface area contributed by atoms with E-state index in [0.29, 0.717) is 22.2 Å². The summed E-state index contributed by atoms with van der Waals surface area (Å²) in [5, 5.41) is 3.45. The summed E-state index contributed by atoms with van der Waals surface area (Å²) < 4.78 is 10.4. The molecular weight excluding hydrogens is 524 g/mol. The zero-order valence-electron chi connectivity index (χ0n) is 19.9. The molecule has 0 fully saturated rings. The number of halogens is 1. The molecule has 0 saturated carbocycles. The molecule has 0 spiro atoms. The first-order valence-corrected chi connectivity index (χ1v) is 11.9. The van der Waals surface area contributed by atoms with Crippen molar-refractivity contribution in [3.63, 3.8) is 0 Å². The summed E-state index contributed by atoms with van der Waals surface area (Å²) in [6.45, 7) is 2.09. The van der Waals surface area contributed by atoms with Crippen LogP contribution in [-0.4, -0.2) is 37.0 Å². The zero-order valence-corrected chi connectivity index (χ0v) is 21.5. The van der Waals surface area contributed by atoms with E-state index in [9.17, 15) is 14.4 Å². The number of methoxy groups -OCH3 is 2. The van der Waals surface area contributed by atoms with Gasteiger partial charge in [0.1, 0.15) is 0 Å². The van der Waals surface area contributed by atoms with Crippen LogP contribution < -0.4 is 5.32 Å². The van der Waals surface area contributed by atoms with Crippen LogP contribution in [0.4, 0.5) is 5.69 Å². The molecule has 1 heterocycles. The second-order valence-corrected chi connectivity index (χ2v) is 8.92. The van der Waals surface area contributed by atoms with Gasteiger partial charge in [0.15, 0.2) is 0 Å². The molecule has 182 valence electrons. The maximum atomic E-state index is 13.5. The van der Waals surface area contributed by atoms with Crippen molar-refractivity contribution in [3.05, 3.63) is 93.5 Å². The number of benzene rings is 3. The van der Waals surface area contributed by atoms with E-state index >= 15 is 0 Å². The third kappa shape index (κ3) is 5.28. The topological polar surface area (TPSA) is 94.6 Å². The minimum atomic E-state index is -0.646. The highest BCUT2D eigenvalue weighted by atomic mass is 79.9. The summed E-state index contributed by atoms with van der Waals surface area (Å²) in [4.78, 5) is 42.6. The Bertz CT molecular complexity index is 1450. The molecule has 0 bridgehead atoms. The van der Waals surface area contributed by atoms with Gasteiger partial charge >= 0.3 is 11.9 Å². The Balaban J connectivity index is 1.80. The number of fused-ring (bicyclic) bond motifs is 1. The van der Waals surface area contributed by atoms with E-state index in [1.54, 1.807) is 6.07 Å². The van der Waals surface area contributed by atoms with Crippen molar-refractivity contribution in [3.8, 4) is 11.3 Å². The lowest BCUT2D eigenvalue weighted by molar-refractivity contribution is 0.0599. The van der Waals surface area contributed by atoms with Crippen LogP contribution in [0.3, 0.4) is 0 Å². The molecule has 1 N–H and O–H groups in total. The molecule has 1 aromatic heterocycles. The van der Waals surface area contributed by atoms with Crippen molar-refractivity contribution in [2.24, 2.45) is 0 Å². The van der Waals surface area contributed by atoms with Crippen molar-refractivity contribution in [2.75, 3.05) is 19.5 Å². The van der Waals surface area contributed by atoms with Gasteiger partial charge in [0, 0.05) is 21.1 Å². The van der Waals surface area contributed by atoms with Crippen molar-refractivity contribution >= 4 is 50.4 Å². The number of nitrogens with one attached hydrogen (secondary N) is 1. The number of pyridine rings is 1. The number of esters is 2. The van der Waals surface area contributed by atoms with Crippen LogP contribution >= 0.6 is 15.9 Å². The molecule has 0 saturated heterocycles. The average Bonchev–Trinajstić information content (AvgIpc) is 2.91. The van der Waals surface area contributed by atoms with Gasteiger partial charge in [-0.05, 0) is 54.4 Å². The van der Waals surface area contributed by atoms with E-state index in [2.05, 4.69) is 28.2 Å². The highest BCUT2D eigenvalue weighted by Gasteiger charge is 2.18. The first-order valence-electron chi connectivity index (χ1n) is 11.2. The van der Waals surface area contributed by atoms with Gasteiger partial charge in [-0.1, -0.05) is 47.1 Å². The molecule has 1 amide bonds. The van der Waals surface area contributed by atoms with Gasteiger partial charge in [-0.15, -0.1) is 0 Å². The maximum absolute atomic E-state index is 13.5. The standard InChI is InChI=1S/C28H23BrN2O5/c1-4-16-5-7-17(8-6-16)25-15-23(22-14-20(29)9-10-24(22)31-25)26(32)30-21-12-18(27(33)35-2)11-19(13-21)28(34)36-3/h5-15H,4H2,1-3H3,(H,30,32). The molecular formula is C28H23BrN2O5. The zero-order chi connectivity index (χ0) is 25.8. The van der Waals surface area contributed by atoms with Crippen molar-refractivity contribution in [1.82, 2.24) is 4.98 Å². The number of hydrogen-bond donors (Lipinski definition) is 1.